The smallest absolute Gasteiger partial charge is 0.305 e. The lowest BCUT2D eigenvalue weighted by molar-refractivity contribution is -0.143. The van der Waals surface area contributed by atoms with Gasteiger partial charge in [0.1, 0.15) is 0 Å². The average Bonchev–Trinajstić information content (AvgIpc) is 2.27. The number of nitrogens with two attached hydrogens (primary N) is 1. The lowest BCUT2D eigenvalue weighted by Gasteiger charge is -2.10. The summed E-state index contributed by atoms with van der Waals surface area (Å²) < 4.78 is 4.82. The average molecular weight is 208 g/mol. The SMILES string of the molecule is CCOC(=O)CC[C@H](N)c1ccncc1. The second-order valence-electron chi connectivity index (χ2n) is 3.23. The number of esters is 1. The van der Waals surface area contributed by atoms with Gasteiger partial charge >= 0.3 is 5.97 Å². The van der Waals surface area contributed by atoms with Gasteiger partial charge in [0, 0.05) is 24.9 Å². The van der Waals surface area contributed by atoms with Crippen molar-refractivity contribution >= 4 is 5.97 Å². The summed E-state index contributed by atoms with van der Waals surface area (Å²) >= 11 is 0. The van der Waals surface area contributed by atoms with Crippen LogP contribution in [0.4, 0.5) is 0 Å². The van der Waals surface area contributed by atoms with Crippen molar-refractivity contribution in [1.29, 1.82) is 0 Å². The maximum atomic E-state index is 11.1. The highest BCUT2D eigenvalue weighted by Crippen LogP contribution is 2.14. The molecular formula is C11H16N2O2. The van der Waals surface area contributed by atoms with Crippen LogP contribution in [0.1, 0.15) is 31.4 Å². The number of carbonyl (C=O) groups excluding carboxylic acids is 1. The molecule has 4 heteroatoms. The summed E-state index contributed by atoms with van der Waals surface area (Å²) in [5, 5.41) is 0. The topological polar surface area (TPSA) is 65.2 Å². The van der Waals surface area contributed by atoms with Gasteiger partial charge in [-0.25, -0.2) is 0 Å². The predicted molar refractivity (Wildman–Crippen MR) is 57.0 cm³/mol. The van der Waals surface area contributed by atoms with Crippen molar-refractivity contribution < 1.29 is 9.53 Å². The van der Waals surface area contributed by atoms with E-state index in [1.165, 1.54) is 0 Å². The van der Waals surface area contributed by atoms with Gasteiger partial charge in [0.2, 0.25) is 0 Å². The first-order chi connectivity index (χ1) is 7.24. The Morgan fingerprint density at radius 3 is 2.80 bits per heavy atom. The maximum absolute atomic E-state index is 11.1. The van der Waals surface area contributed by atoms with Crippen LogP contribution in [0, 0.1) is 0 Å². The molecule has 0 spiro atoms. The monoisotopic (exact) mass is 208 g/mol. The van der Waals surface area contributed by atoms with Crippen LogP contribution in [0.15, 0.2) is 24.5 Å². The molecule has 0 amide bonds. The third-order valence-corrected chi connectivity index (χ3v) is 2.10. The maximum Gasteiger partial charge on any atom is 0.305 e. The minimum absolute atomic E-state index is 0.127. The first-order valence-electron chi connectivity index (χ1n) is 5.05. The molecule has 0 bridgehead atoms. The summed E-state index contributed by atoms with van der Waals surface area (Å²) in [6.07, 6.45) is 4.35. The third-order valence-electron chi connectivity index (χ3n) is 2.10. The molecule has 2 N–H and O–H groups in total. The standard InChI is InChI=1S/C11H16N2O2/c1-2-15-11(14)4-3-10(12)9-5-7-13-8-6-9/h5-8,10H,2-4,12H2,1H3/t10-/m0/s1. The van der Waals surface area contributed by atoms with E-state index in [9.17, 15) is 4.79 Å². The molecule has 0 saturated heterocycles. The Balaban J connectivity index is 2.37. The van der Waals surface area contributed by atoms with Crippen LogP contribution in [-0.2, 0) is 9.53 Å². The molecule has 0 unspecified atom stereocenters. The van der Waals surface area contributed by atoms with Crippen molar-refractivity contribution in [3.63, 3.8) is 0 Å². The fraction of sp³-hybridized carbons (Fsp3) is 0.455. The molecule has 82 valence electrons. The van der Waals surface area contributed by atoms with Crippen LogP contribution >= 0.6 is 0 Å². The number of aromatic nitrogens is 1. The molecule has 0 aromatic carbocycles. The van der Waals surface area contributed by atoms with Gasteiger partial charge in [-0.2, -0.15) is 0 Å². The Morgan fingerprint density at radius 1 is 1.53 bits per heavy atom. The highest BCUT2D eigenvalue weighted by molar-refractivity contribution is 5.69. The number of nitrogens with zero attached hydrogens (tertiary/aromatic N) is 1. The van der Waals surface area contributed by atoms with Gasteiger partial charge in [0.25, 0.3) is 0 Å². The minimum atomic E-state index is -0.193. The van der Waals surface area contributed by atoms with E-state index in [1.807, 2.05) is 12.1 Å². The van der Waals surface area contributed by atoms with E-state index >= 15 is 0 Å². The lowest BCUT2D eigenvalue weighted by Crippen LogP contribution is -2.13. The summed E-state index contributed by atoms with van der Waals surface area (Å²) in [5.41, 5.74) is 6.90. The molecule has 0 aliphatic carbocycles. The fourth-order valence-electron chi connectivity index (χ4n) is 1.28. The number of carbonyl (C=O) groups is 1. The molecule has 0 aliphatic heterocycles. The molecule has 0 saturated carbocycles. The Morgan fingerprint density at radius 2 is 2.20 bits per heavy atom. The highest BCUT2D eigenvalue weighted by Gasteiger charge is 2.09. The zero-order valence-electron chi connectivity index (χ0n) is 8.85. The molecule has 1 rings (SSSR count). The van der Waals surface area contributed by atoms with E-state index in [0.717, 1.165) is 5.56 Å². The van der Waals surface area contributed by atoms with E-state index < -0.39 is 0 Å². The van der Waals surface area contributed by atoms with Gasteiger partial charge < -0.3 is 10.5 Å². The van der Waals surface area contributed by atoms with Crippen molar-refractivity contribution in [2.45, 2.75) is 25.8 Å². The summed E-state index contributed by atoms with van der Waals surface area (Å²) in [4.78, 5) is 15.0. The summed E-state index contributed by atoms with van der Waals surface area (Å²) in [6, 6.07) is 3.59. The second kappa shape index (κ2) is 6.14. The van der Waals surface area contributed by atoms with Crippen LogP contribution < -0.4 is 5.73 Å². The summed E-state index contributed by atoms with van der Waals surface area (Å²) in [6.45, 7) is 2.21. The first kappa shape index (κ1) is 11.7. The Kier molecular flexibility index (Phi) is 4.77. The van der Waals surface area contributed by atoms with E-state index in [0.29, 0.717) is 19.4 Å². The van der Waals surface area contributed by atoms with Crippen molar-refractivity contribution in [2.24, 2.45) is 5.73 Å². The largest absolute Gasteiger partial charge is 0.466 e. The predicted octanol–water partition coefficient (Wildman–Crippen LogP) is 1.42. The number of pyridine rings is 1. The normalized spacial score (nSPS) is 12.1. The first-order valence-corrected chi connectivity index (χ1v) is 5.05. The second-order valence-corrected chi connectivity index (χ2v) is 3.23. The van der Waals surface area contributed by atoms with Gasteiger partial charge in [0.05, 0.1) is 6.61 Å². The van der Waals surface area contributed by atoms with E-state index in [-0.39, 0.29) is 12.0 Å². The van der Waals surface area contributed by atoms with Crippen LogP contribution in [0.2, 0.25) is 0 Å². The Hall–Kier alpha value is -1.42. The highest BCUT2D eigenvalue weighted by atomic mass is 16.5. The quantitative estimate of drug-likeness (QED) is 0.743. The summed E-state index contributed by atoms with van der Waals surface area (Å²) in [7, 11) is 0. The molecule has 0 radical (unpaired) electrons. The van der Waals surface area contributed by atoms with Gasteiger partial charge in [-0.05, 0) is 31.0 Å². The van der Waals surface area contributed by atoms with E-state index in [4.69, 9.17) is 10.5 Å². The Labute approximate surface area is 89.5 Å². The van der Waals surface area contributed by atoms with Crippen LogP contribution in [0.25, 0.3) is 0 Å². The lowest BCUT2D eigenvalue weighted by atomic mass is 10.0. The number of hydrogen-bond donors (Lipinski definition) is 1. The van der Waals surface area contributed by atoms with E-state index in [2.05, 4.69) is 4.98 Å². The molecule has 1 atom stereocenters. The van der Waals surface area contributed by atoms with Gasteiger partial charge in [-0.15, -0.1) is 0 Å². The van der Waals surface area contributed by atoms with Crippen molar-refractivity contribution in [3.05, 3.63) is 30.1 Å². The van der Waals surface area contributed by atoms with Crippen LogP contribution in [-0.4, -0.2) is 17.6 Å². The Bertz CT molecular complexity index is 301. The van der Waals surface area contributed by atoms with E-state index in [1.54, 1.807) is 19.3 Å². The molecule has 1 heterocycles. The molecule has 0 aliphatic rings. The summed E-state index contributed by atoms with van der Waals surface area (Å²) in [5.74, 6) is -0.193. The van der Waals surface area contributed by atoms with Crippen molar-refractivity contribution in [1.82, 2.24) is 4.98 Å². The van der Waals surface area contributed by atoms with Gasteiger partial charge in [-0.3, -0.25) is 9.78 Å². The third kappa shape index (κ3) is 4.08. The molecule has 15 heavy (non-hydrogen) atoms. The zero-order valence-corrected chi connectivity index (χ0v) is 8.85. The van der Waals surface area contributed by atoms with Crippen molar-refractivity contribution in [2.75, 3.05) is 6.61 Å². The van der Waals surface area contributed by atoms with Gasteiger partial charge in [-0.1, -0.05) is 0 Å². The number of rotatable bonds is 5. The number of hydrogen-bond acceptors (Lipinski definition) is 4. The molecule has 1 aromatic heterocycles. The number of ether oxygens (including phenoxy) is 1. The van der Waals surface area contributed by atoms with Crippen LogP contribution in [0.5, 0.6) is 0 Å². The molecule has 4 nitrogen and oxygen atoms in total. The molecular weight excluding hydrogens is 192 g/mol. The molecule has 1 aromatic rings. The van der Waals surface area contributed by atoms with Crippen molar-refractivity contribution in [3.8, 4) is 0 Å². The van der Waals surface area contributed by atoms with Crippen LogP contribution in [0.3, 0.4) is 0 Å². The fourth-order valence-corrected chi connectivity index (χ4v) is 1.28. The molecule has 0 fully saturated rings. The zero-order chi connectivity index (χ0) is 11.1. The van der Waals surface area contributed by atoms with Gasteiger partial charge in [0.15, 0.2) is 0 Å². The minimum Gasteiger partial charge on any atom is -0.466 e.